The first-order chi connectivity index (χ1) is 18.4. The van der Waals surface area contributed by atoms with Crippen LogP contribution < -0.4 is 15.5 Å². The molecular weight excluding hydrogens is 547 g/mol. The molecule has 0 aliphatic rings. The van der Waals surface area contributed by atoms with E-state index in [0.717, 1.165) is 0 Å². The van der Waals surface area contributed by atoms with Gasteiger partial charge >= 0.3 is 12.1 Å². The number of pyridine rings is 1. The molecule has 0 radical (unpaired) electrons. The van der Waals surface area contributed by atoms with Gasteiger partial charge in [0.2, 0.25) is 11.8 Å². The number of methoxy groups -OCH3 is 1. The fraction of sp³-hybridized carbons (Fsp3) is 0.444. The van der Waals surface area contributed by atoms with Crippen LogP contribution in [0.2, 0.25) is 10.0 Å². The lowest BCUT2D eigenvalue weighted by Crippen LogP contribution is -2.39. The highest BCUT2D eigenvalue weighted by Crippen LogP contribution is 2.25. The Morgan fingerprint density at radius 3 is 2.31 bits per heavy atom. The summed E-state index contributed by atoms with van der Waals surface area (Å²) in [7, 11) is 1.25. The van der Waals surface area contributed by atoms with Gasteiger partial charge in [-0.2, -0.15) is 0 Å². The third-order valence-corrected chi connectivity index (χ3v) is 5.68. The summed E-state index contributed by atoms with van der Waals surface area (Å²) in [5.74, 6) is -0.913. The van der Waals surface area contributed by atoms with Crippen molar-refractivity contribution in [3.05, 3.63) is 58.2 Å². The van der Waals surface area contributed by atoms with Crippen LogP contribution in [0.1, 0.15) is 58.1 Å². The van der Waals surface area contributed by atoms with Gasteiger partial charge in [-0.1, -0.05) is 29.3 Å². The van der Waals surface area contributed by atoms with Gasteiger partial charge in [-0.25, -0.2) is 9.78 Å². The predicted octanol–water partition coefficient (Wildman–Crippen LogP) is 4.84. The van der Waals surface area contributed by atoms with Crippen molar-refractivity contribution < 1.29 is 28.7 Å². The lowest BCUT2D eigenvalue weighted by Gasteiger charge is -2.26. The molecule has 3 amide bonds. The Labute approximate surface area is 238 Å². The molecule has 2 aromatic rings. The molecule has 1 aromatic heterocycles. The van der Waals surface area contributed by atoms with E-state index in [2.05, 4.69) is 15.6 Å². The summed E-state index contributed by atoms with van der Waals surface area (Å²) in [5.41, 5.74) is -0.139. The van der Waals surface area contributed by atoms with E-state index in [1.807, 2.05) is 0 Å². The molecule has 2 N–H and O–H groups in total. The van der Waals surface area contributed by atoms with Crippen LogP contribution in [-0.4, -0.2) is 54.7 Å². The van der Waals surface area contributed by atoms with Gasteiger partial charge in [0.15, 0.2) is 0 Å². The van der Waals surface area contributed by atoms with Gasteiger partial charge in [-0.3, -0.25) is 19.3 Å². The Kier molecular flexibility index (Phi) is 12.5. The van der Waals surface area contributed by atoms with Crippen LogP contribution >= 0.6 is 23.2 Å². The van der Waals surface area contributed by atoms with Gasteiger partial charge in [0.05, 0.1) is 26.1 Å². The number of hydrogen-bond acceptors (Lipinski definition) is 7. The normalized spacial score (nSPS) is 11.7. The van der Waals surface area contributed by atoms with Crippen molar-refractivity contribution in [3.63, 3.8) is 0 Å². The van der Waals surface area contributed by atoms with Crippen molar-refractivity contribution in [2.75, 3.05) is 25.1 Å². The highest BCUT2D eigenvalue weighted by atomic mass is 35.5. The maximum absolute atomic E-state index is 12.7. The monoisotopic (exact) mass is 580 g/mol. The molecule has 1 heterocycles. The maximum atomic E-state index is 12.7. The molecule has 10 nitrogen and oxygen atoms in total. The number of aromatic nitrogens is 1. The Balaban J connectivity index is 1.86. The number of unbranched alkanes of at least 4 members (excludes halogenated alkanes) is 1. The third kappa shape index (κ3) is 11.9. The summed E-state index contributed by atoms with van der Waals surface area (Å²) >= 11 is 12.1. The fourth-order valence-electron chi connectivity index (χ4n) is 3.48. The number of anilines is 1. The van der Waals surface area contributed by atoms with Crippen molar-refractivity contribution in [3.8, 4) is 0 Å². The molecule has 0 saturated carbocycles. The number of nitrogens with one attached hydrogen (secondary N) is 2. The number of hydrogen-bond donors (Lipinski definition) is 2. The van der Waals surface area contributed by atoms with Crippen LogP contribution in [0, 0.1) is 0 Å². The molecule has 0 spiro atoms. The minimum Gasteiger partial charge on any atom is -0.469 e. The summed E-state index contributed by atoms with van der Waals surface area (Å²) in [6.07, 6.45) is 2.04. The highest BCUT2D eigenvalue weighted by Gasteiger charge is 2.24. The van der Waals surface area contributed by atoms with Gasteiger partial charge in [-0.15, -0.1) is 0 Å². The largest absolute Gasteiger partial charge is 0.469 e. The number of benzene rings is 1. The van der Waals surface area contributed by atoms with Crippen LogP contribution in [0.4, 0.5) is 10.6 Å². The number of amides is 3. The lowest BCUT2D eigenvalue weighted by molar-refractivity contribution is -0.141. The molecule has 12 heteroatoms. The third-order valence-electron chi connectivity index (χ3n) is 5.24. The van der Waals surface area contributed by atoms with Crippen LogP contribution in [0.3, 0.4) is 0 Å². The Bertz CT molecular complexity index is 1120. The summed E-state index contributed by atoms with van der Waals surface area (Å²) in [4.78, 5) is 55.1. The van der Waals surface area contributed by atoms with Gasteiger partial charge in [-0.05, 0) is 69.5 Å². The Morgan fingerprint density at radius 1 is 1.03 bits per heavy atom. The van der Waals surface area contributed by atoms with Gasteiger partial charge in [0.1, 0.15) is 11.4 Å². The molecule has 212 valence electrons. The summed E-state index contributed by atoms with van der Waals surface area (Å²) in [5, 5.41) is 5.97. The van der Waals surface area contributed by atoms with Gasteiger partial charge in [0, 0.05) is 29.2 Å². The van der Waals surface area contributed by atoms with Crippen LogP contribution in [0.15, 0.2) is 42.6 Å². The predicted molar refractivity (Wildman–Crippen MR) is 149 cm³/mol. The molecule has 0 saturated heterocycles. The zero-order valence-corrected chi connectivity index (χ0v) is 24.0. The standard InChI is InChI=1S/C27H34Cl2N4O6/c1-27(2,3)39-26(37)33(22-9-5-7-11-30-22)12-8-6-10-23(34)31-17-24(35)32-21(16-25(36)38-4)18-13-19(28)15-20(29)14-18/h5,7,9,11,13-15,21H,6,8,10,12,16-17H2,1-4H3,(H,31,34)(H,32,35). The van der Waals surface area contributed by atoms with Crippen molar-refractivity contribution in [2.45, 2.75) is 58.1 Å². The summed E-state index contributed by atoms with van der Waals surface area (Å²) in [6.45, 7) is 5.36. The highest BCUT2D eigenvalue weighted by molar-refractivity contribution is 6.34. The average Bonchev–Trinajstić information content (AvgIpc) is 2.85. The van der Waals surface area contributed by atoms with Crippen molar-refractivity contribution in [1.82, 2.24) is 15.6 Å². The lowest BCUT2D eigenvalue weighted by atomic mass is 10.0. The van der Waals surface area contributed by atoms with E-state index < -0.39 is 29.6 Å². The quantitative estimate of drug-likeness (QED) is 0.271. The van der Waals surface area contributed by atoms with E-state index in [1.54, 1.807) is 57.3 Å². The number of ether oxygens (including phenoxy) is 2. The number of halogens is 2. The fourth-order valence-corrected chi connectivity index (χ4v) is 4.02. The smallest absolute Gasteiger partial charge is 0.416 e. The van der Waals surface area contributed by atoms with E-state index in [-0.39, 0.29) is 25.3 Å². The number of rotatable bonds is 12. The number of nitrogens with zero attached hydrogens (tertiary/aromatic N) is 2. The molecule has 1 atom stereocenters. The molecule has 2 rings (SSSR count). The molecular formula is C27H34Cl2N4O6. The molecule has 39 heavy (non-hydrogen) atoms. The van der Waals surface area contributed by atoms with Gasteiger partial charge < -0.3 is 20.1 Å². The molecule has 0 aliphatic heterocycles. The van der Waals surface area contributed by atoms with Crippen molar-refractivity contribution in [2.24, 2.45) is 0 Å². The maximum Gasteiger partial charge on any atom is 0.416 e. The second-order valence-corrected chi connectivity index (χ2v) is 10.5. The van der Waals surface area contributed by atoms with Gasteiger partial charge in [0.25, 0.3) is 0 Å². The van der Waals surface area contributed by atoms with Crippen molar-refractivity contribution in [1.29, 1.82) is 0 Å². The molecule has 0 aliphatic carbocycles. The first-order valence-electron chi connectivity index (χ1n) is 12.4. The first-order valence-corrected chi connectivity index (χ1v) is 13.1. The van der Waals surface area contributed by atoms with E-state index in [9.17, 15) is 19.2 Å². The van der Waals surface area contributed by atoms with Crippen LogP contribution in [0.5, 0.6) is 0 Å². The first kappa shape index (κ1) is 31.8. The zero-order chi connectivity index (χ0) is 29.0. The minimum atomic E-state index is -0.747. The summed E-state index contributed by atoms with van der Waals surface area (Å²) in [6, 6.07) is 9.20. The molecule has 0 fully saturated rings. The van der Waals surface area contributed by atoms with Crippen LogP contribution in [-0.2, 0) is 23.9 Å². The molecule has 1 aromatic carbocycles. The number of carbonyl (C=O) groups is 4. The van der Waals surface area contributed by atoms with Crippen LogP contribution in [0.25, 0.3) is 0 Å². The Morgan fingerprint density at radius 2 is 1.72 bits per heavy atom. The second-order valence-electron chi connectivity index (χ2n) is 9.66. The average molecular weight is 581 g/mol. The molecule has 1 unspecified atom stereocenters. The number of esters is 1. The van der Waals surface area contributed by atoms with E-state index in [0.29, 0.717) is 40.8 Å². The SMILES string of the molecule is COC(=O)CC(NC(=O)CNC(=O)CCCCN(C(=O)OC(C)(C)C)c1ccccn1)c1cc(Cl)cc(Cl)c1. The van der Waals surface area contributed by atoms with E-state index in [4.69, 9.17) is 32.7 Å². The number of carbonyl (C=O) groups excluding carboxylic acids is 4. The minimum absolute atomic E-state index is 0.142. The summed E-state index contributed by atoms with van der Waals surface area (Å²) < 4.78 is 10.2. The van der Waals surface area contributed by atoms with Crippen molar-refractivity contribution >= 4 is 52.9 Å². The Hall–Kier alpha value is -3.37. The second kappa shape index (κ2) is 15.3. The van der Waals surface area contributed by atoms with E-state index >= 15 is 0 Å². The molecule has 0 bridgehead atoms. The van der Waals surface area contributed by atoms with E-state index in [1.165, 1.54) is 18.1 Å². The zero-order valence-electron chi connectivity index (χ0n) is 22.5. The topological polar surface area (TPSA) is 127 Å².